The molecule has 2 fully saturated rings. The van der Waals surface area contributed by atoms with Gasteiger partial charge in [0.1, 0.15) is 6.04 Å². The van der Waals surface area contributed by atoms with Crippen molar-refractivity contribution in [1.29, 1.82) is 0 Å². The Hall–Kier alpha value is -1.89. The van der Waals surface area contributed by atoms with E-state index in [0.717, 1.165) is 25.7 Å². The third-order valence-corrected chi connectivity index (χ3v) is 6.12. The van der Waals surface area contributed by atoms with Gasteiger partial charge in [0.2, 0.25) is 11.8 Å². The second kappa shape index (κ2) is 8.87. The van der Waals surface area contributed by atoms with Crippen molar-refractivity contribution in [2.45, 2.75) is 45.6 Å². The molecule has 3 amide bonds. The standard InChI is InChI=1S/C20H29N3O3S/c1-13(2)12-21-19(25)17(22-18(24)16-4-3-11-27-16)14-7-9-23(10-8-14)20(26)15-5-6-15/h3-4,11,13-15,17H,5-10,12H2,1-2H3,(H,21,25)(H,22,24)/t17-/m0/s1. The maximum absolute atomic E-state index is 12.8. The van der Waals surface area contributed by atoms with Crippen LogP contribution >= 0.6 is 11.3 Å². The molecule has 1 aromatic heterocycles. The molecule has 1 aromatic rings. The minimum absolute atomic E-state index is 0.0457. The minimum atomic E-state index is -0.559. The van der Waals surface area contributed by atoms with Gasteiger partial charge < -0.3 is 15.5 Å². The summed E-state index contributed by atoms with van der Waals surface area (Å²) in [6.45, 7) is 6.01. The Morgan fingerprint density at radius 2 is 1.89 bits per heavy atom. The zero-order valence-electron chi connectivity index (χ0n) is 16.1. The van der Waals surface area contributed by atoms with Gasteiger partial charge >= 0.3 is 0 Å². The molecule has 0 bridgehead atoms. The first-order chi connectivity index (χ1) is 13.0. The van der Waals surface area contributed by atoms with Crippen molar-refractivity contribution in [2.75, 3.05) is 19.6 Å². The van der Waals surface area contributed by atoms with Crippen LogP contribution in [0.15, 0.2) is 17.5 Å². The molecule has 7 heteroatoms. The summed E-state index contributed by atoms with van der Waals surface area (Å²) in [5.41, 5.74) is 0. The van der Waals surface area contributed by atoms with Crippen LogP contribution in [0.25, 0.3) is 0 Å². The fraction of sp³-hybridized carbons (Fsp3) is 0.650. The van der Waals surface area contributed by atoms with E-state index in [-0.39, 0.29) is 29.6 Å². The van der Waals surface area contributed by atoms with E-state index < -0.39 is 6.04 Å². The Bertz CT molecular complexity index is 662. The van der Waals surface area contributed by atoms with Crippen molar-refractivity contribution < 1.29 is 14.4 Å². The number of nitrogens with zero attached hydrogens (tertiary/aromatic N) is 1. The van der Waals surface area contributed by atoms with Crippen LogP contribution in [-0.2, 0) is 9.59 Å². The summed E-state index contributed by atoms with van der Waals surface area (Å²) in [7, 11) is 0. The third-order valence-electron chi connectivity index (χ3n) is 5.25. The monoisotopic (exact) mass is 391 g/mol. The zero-order chi connectivity index (χ0) is 19.4. The molecule has 1 saturated heterocycles. The van der Waals surface area contributed by atoms with Crippen LogP contribution in [0.3, 0.4) is 0 Å². The smallest absolute Gasteiger partial charge is 0.262 e. The average Bonchev–Trinajstić information content (AvgIpc) is 3.37. The molecule has 0 radical (unpaired) electrons. The van der Waals surface area contributed by atoms with Crippen LogP contribution in [0.4, 0.5) is 0 Å². The number of amides is 3. The molecule has 1 saturated carbocycles. The minimum Gasteiger partial charge on any atom is -0.354 e. The quantitative estimate of drug-likeness (QED) is 0.748. The first kappa shape index (κ1) is 19.9. The van der Waals surface area contributed by atoms with Gasteiger partial charge in [-0.05, 0) is 49.0 Å². The number of thiophene rings is 1. The number of carbonyl (C=O) groups excluding carboxylic acids is 3. The summed E-state index contributed by atoms with van der Waals surface area (Å²) >= 11 is 1.37. The van der Waals surface area contributed by atoms with Crippen molar-refractivity contribution in [1.82, 2.24) is 15.5 Å². The molecule has 1 aliphatic heterocycles. The summed E-state index contributed by atoms with van der Waals surface area (Å²) in [5.74, 6) is 0.554. The molecule has 2 N–H and O–H groups in total. The number of likely N-dealkylation sites (tertiary alicyclic amines) is 1. The number of rotatable bonds is 7. The molecule has 3 rings (SSSR count). The third kappa shape index (κ3) is 5.31. The van der Waals surface area contributed by atoms with E-state index in [1.807, 2.05) is 30.2 Å². The van der Waals surface area contributed by atoms with Gasteiger partial charge in [0.25, 0.3) is 5.91 Å². The van der Waals surface area contributed by atoms with Crippen LogP contribution in [0.5, 0.6) is 0 Å². The topological polar surface area (TPSA) is 78.5 Å². The lowest BCUT2D eigenvalue weighted by atomic mass is 9.88. The number of hydrogen-bond donors (Lipinski definition) is 2. The largest absolute Gasteiger partial charge is 0.354 e. The highest BCUT2D eigenvalue weighted by Gasteiger charge is 2.38. The molecule has 2 aliphatic rings. The van der Waals surface area contributed by atoms with E-state index in [4.69, 9.17) is 0 Å². The van der Waals surface area contributed by atoms with E-state index in [1.165, 1.54) is 11.3 Å². The number of carbonyl (C=O) groups is 3. The maximum atomic E-state index is 12.8. The van der Waals surface area contributed by atoms with Gasteiger partial charge in [0.05, 0.1) is 4.88 Å². The van der Waals surface area contributed by atoms with E-state index >= 15 is 0 Å². The molecule has 0 aromatic carbocycles. The molecule has 2 heterocycles. The first-order valence-electron chi connectivity index (χ1n) is 9.86. The van der Waals surface area contributed by atoms with Gasteiger partial charge in [-0.3, -0.25) is 14.4 Å². The number of nitrogens with one attached hydrogen (secondary N) is 2. The van der Waals surface area contributed by atoms with E-state index in [0.29, 0.717) is 30.4 Å². The van der Waals surface area contributed by atoms with Crippen molar-refractivity contribution in [3.8, 4) is 0 Å². The second-order valence-corrected chi connectivity index (χ2v) is 8.95. The molecule has 1 aliphatic carbocycles. The lowest BCUT2D eigenvalue weighted by Crippen LogP contribution is -2.54. The lowest BCUT2D eigenvalue weighted by Gasteiger charge is -2.36. The number of hydrogen-bond acceptors (Lipinski definition) is 4. The van der Waals surface area contributed by atoms with Crippen molar-refractivity contribution in [3.63, 3.8) is 0 Å². The maximum Gasteiger partial charge on any atom is 0.262 e. The molecule has 27 heavy (non-hydrogen) atoms. The van der Waals surface area contributed by atoms with E-state index in [1.54, 1.807) is 6.07 Å². The predicted octanol–water partition coefficient (Wildman–Crippen LogP) is 2.27. The lowest BCUT2D eigenvalue weighted by molar-refractivity contribution is -0.134. The van der Waals surface area contributed by atoms with Gasteiger partial charge in [-0.25, -0.2) is 0 Å². The van der Waals surface area contributed by atoms with Crippen LogP contribution in [-0.4, -0.2) is 48.3 Å². The van der Waals surface area contributed by atoms with Crippen LogP contribution in [0.2, 0.25) is 0 Å². The Morgan fingerprint density at radius 1 is 1.19 bits per heavy atom. The fourth-order valence-electron chi connectivity index (χ4n) is 3.47. The van der Waals surface area contributed by atoms with Crippen LogP contribution < -0.4 is 10.6 Å². The summed E-state index contributed by atoms with van der Waals surface area (Å²) in [4.78, 5) is 40.1. The summed E-state index contributed by atoms with van der Waals surface area (Å²) in [6.07, 6.45) is 3.50. The summed E-state index contributed by atoms with van der Waals surface area (Å²) < 4.78 is 0. The van der Waals surface area contributed by atoms with Crippen molar-refractivity contribution >= 4 is 29.1 Å². The van der Waals surface area contributed by atoms with E-state index in [9.17, 15) is 14.4 Å². The van der Waals surface area contributed by atoms with Crippen LogP contribution in [0.1, 0.15) is 49.2 Å². The average molecular weight is 392 g/mol. The Labute approximate surface area is 164 Å². The molecular formula is C20H29N3O3S. The Kier molecular flexibility index (Phi) is 6.52. The molecule has 6 nitrogen and oxygen atoms in total. The normalized spacial score (nSPS) is 19.0. The van der Waals surface area contributed by atoms with E-state index in [2.05, 4.69) is 10.6 Å². The van der Waals surface area contributed by atoms with Gasteiger partial charge in [-0.15, -0.1) is 11.3 Å². The van der Waals surface area contributed by atoms with Crippen LogP contribution in [0, 0.1) is 17.8 Å². The Balaban J connectivity index is 1.62. The Morgan fingerprint density at radius 3 is 2.44 bits per heavy atom. The fourth-order valence-corrected chi connectivity index (χ4v) is 4.10. The molecule has 1 atom stereocenters. The van der Waals surface area contributed by atoms with Crippen molar-refractivity contribution in [3.05, 3.63) is 22.4 Å². The summed E-state index contributed by atoms with van der Waals surface area (Å²) in [6, 6.07) is 3.03. The zero-order valence-corrected chi connectivity index (χ0v) is 16.9. The molecule has 0 unspecified atom stereocenters. The highest BCUT2D eigenvalue weighted by molar-refractivity contribution is 7.12. The number of piperidine rings is 1. The van der Waals surface area contributed by atoms with Gasteiger partial charge in [0, 0.05) is 25.6 Å². The van der Waals surface area contributed by atoms with Gasteiger partial charge in [-0.2, -0.15) is 0 Å². The van der Waals surface area contributed by atoms with Gasteiger partial charge in [0.15, 0.2) is 0 Å². The highest BCUT2D eigenvalue weighted by Crippen LogP contribution is 2.33. The SMILES string of the molecule is CC(C)CNC(=O)[C@@H](NC(=O)c1cccs1)C1CCN(C(=O)C2CC2)CC1. The second-order valence-electron chi connectivity index (χ2n) is 8.00. The molecule has 148 valence electrons. The molecular weight excluding hydrogens is 362 g/mol. The summed E-state index contributed by atoms with van der Waals surface area (Å²) in [5, 5.41) is 7.76. The predicted molar refractivity (Wildman–Crippen MR) is 105 cm³/mol. The molecule has 0 spiro atoms. The first-order valence-corrected chi connectivity index (χ1v) is 10.7. The van der Waals surface area contributed by atoms with Crippen molar-refractivity contribution in [2.24, 2.45) is 17.8 Å². The van der Waals surface area contributed by atoms with Gasteiger partial charge in [-0.1, -0.05) is 19.9 Å². The highest BCUT2D eigenvalue weighted by atomic mass is 32.1.